The van der Waals surface area contributed by atoms with E-state index in [9.17, 15) is 27.2 Å². The predicted octanol–water partition coefficient (Wildman–Crippen LogP) is 3.98. The number of aromatic amines is 1. The maximum atomic E-state index is 13.3. The molecule has 3 aromatic rings. The molecule has 1 amide bonds. The van der Waals surface area contributed by atoms with Crippen molar-refractivity contribution in [1.29, 1.82) is 0 Å². The molecule has 2 heterocycles. The van der Waals surface area contributed by atoms with Gasteiger partial charge >= 0.3 is 6.18 Å². The average molecular weight is 422 g/mol. The fourth-order valence-electron chi connectivity index (χ4n) is 2.49. The van der Waals surface area contributed by atoms with Gasteiger partial charge in [-0.1, -0.05) is 0 Å². The molecule has 0 saturated heterocycles. The molecule has 0 aliphatic rings. The zero-order valence-electron chi connectivity index (χ0n) is 15.6. The van der Waals surface area contributed by atoms with Gasteiger partial charge in [0.2, 0.25) is 5.56 Å². The van der Waals surface area contributed by atoms with Gasteiger partial charge in [-0.15, -0.1) is 10.2 Å². The van der Waals surface area contributed by atoms with Crippen molar-refractivity contribution in [3.8, 4) is 11.6 Å². The summed E-state index contributed by atoms with van der Waals surface area (Å²) in [5.41, 5.74) is -1.55. The van der Waals surface area contributed by atoms with Gasteiger partial charge in [0, 0.05) is 11.8 Å². The van der Waals surface area contributed by atoms with Crippen LogP contribution < -0.4 is 15.6 Å². The molecule has 0 spiro atoms. The number of carbonyl (C=O) groups excluding carboxylic acids is 1. The minimum Gasteiger partial charge on any atom is -0.437 e. The highest BCUT2D eigenvalue weighted by Gasteiger charge is 2.35. The van der Waals surface area contributed by atoms with E-state index in [4.69, 9.17) is 4.74 Å². The van der Waals surface area contributed by atoms with Crippen LogP contribution in [-0.2, 0) is 6.18 Å². The Balaban J connectivity index is 2.02. The lowest BCUT2D eigenvalue weighted by Gasteiger charge is -2.14. The van der Waals surface area contributed by atoms with Crippen LogP contribution in [-0.4, -0.2) is 21.1 Å². The van der Waals surface area contributed by atoms with Crippen LogP contribution in [0.4, 0.5) is 23.2 Å². The Labute approximate surface area is 166 Å². The van der Waals surface area contributed by atoms with E-state index in [1.54, 1.807) is 0 Å². The number of amides is 1. The Morgan fingerprint density at radius 1 is 1.10 bits per heavy atom. The summed E-state index contributed by atoms with van der Waals surface area (Å²) >= 11 is 0. The van der Waals surface area contributed by atoms with Crippen molar-refractivity contribution in [2.75, 3.05) is 5.32 Å². The number of aryl methyl sites for hydroxylation is 2. The molecule has 2 N–H and O–H groups in total. The summed E-state index contributed by atoms with van der Waals surface area (Å²) in [5.74, 6) is -1.93. The number of carbonyl (C=O) groups is 1. The van der Waals surface area contributed by atoms with Gasteiger partial charge in [-0.05, 0) is 49.7 Å². The zero-order chi connectivity index (χ0) is 22.1. The second-order valence-electron chi connectivity index (χ2n) is 6.27. The van der Waals surface area contributed by atoms with Crippen molar-refractivity contribution in [3.05, 3.63) is 75.1 Å². The molecule has 0 saturated carbocycles. The second-order valence-corrected chi connectivity index (χ2v) is 6.27. The number of alkyl halides is 3. The molecule has 11 heteroatoms. The maximum Gasteiger partial charge on any atom is 0.435 e. The molecule has 0 aliphatic carbocycles. The van der Waals surface area contributed by atoms with Gasteiger partial charge in [-0.25, -0.2) is 4.39 Å². The molecule has 156 valence electrons. The Hall–Kier alpha value is -3.76. The summed E-state index contributed by atoms with van der Waals surface area (Å²) in [6, 6.07) is 6.43. The fourth-order valence-corrected chi connectivity index (χ4v) is 2.49. The average Bonchev–Trinajstić information content (AvgIpc) is 2.65. The van der Waals surface area contributed by atoms with E-state index in [-0.39, 0.29) is 11.4 Å². The lowest BCUT2D eigenvalue weighted by Crippen LogP contribution is -2.19. The van der Waals surface area contributed by atoms with Crippen molar-refractivity contribution < 1.29 is 27.1 Å². The highest BCUT2D eigenvalue weighted by Crippen LogP contribution is 2.32. The van der Waals surface area contributed by atoms with Crippen LogP contribution in [0.1, 0.15) is 27.3 Å². The number of ether oxygens (including phenoxy) is 1. The molecule has 2 aromatic heterocycles. The molecule has 0 fully saturated rings. The number of rotatable bonds is 4. The molecule has 3 rings (SSSR count). The topological polar surface area (TPSA) is 97.0 Å². The highest BCUT2D eigenvalue weighted by molar-refractivity contribution is 6.06. The first-order valence-electron chi connectivity index (χ1n) is 8.45. The van der Waals surface area contributed by atoms with Crippen LogP contribution in [0.3, 0.4) is 0 Å². The number of pyridine rings is 1. The third-order valence-electron chi connectivity index (χ3n) is 4.00. The smallest absolute Gasteiger partial charge is 0.435 e. The van der Waals surface area contributed by atoms with Crippen LogP contribution >= 0.6 is 0 Å². The van der Waals surface area contributed by atoms with Gasteiger partial charge in [0.1, 0.15) is 17.1 Å². The summed E-state index contributed by atoms with van der Waals surface area (Å²) < 4.78 is 58.0. The summed E-state index contributed by atoms with van der Waals surface area (Å²) in [6.07, 6.45) is -4.85. The van der Waals surface area contributed by atoms with Gasteiger partial charge in [0.15, 0.2) is 5.69 Å². The van der Waals surface area contributed by atoms with E-state index < -0.39 is 40.6 Å². The predicted molar refractivity (Wildman–Crippen MR) is 98.0 cm³/mol. The summed E-state index contributed by atoms with van der Waals surface area (Å²) in [5, 5.41) is 8.87. The first-order valence-corrected chi connectivity index (χ1v) is 8.45. The Kier molecular flexibility index (Phi) is 5.54. The van der Waals surface area contributed by atoms with Crippen LogP contribution in [0.15, 0.2) is 41.2 Å². The van der Waals surface area contributed by atoms with Crippen molar-refractivity contribution in [2.24, 2.45) is 0 Å². The molecular formula is C19H14F4N4O3. The van der Waals surface area contributed by atoms with E-state index in [0.29, 0.717) is 17.3 Å². The lowest BCUT2D eigenvalue weighted by molar-refractivity contribution is -0.141. The number of halogens is 4. The van der Waals surface area contributed by atoms with Gasteiger partial charge in [0.05, 0.1) is 5.69 Å². The molecule has 0 radical (unpaired) electrons. The van der Waals surface area contributed by atoms with Crippen molar-refractivity contribution in [1.82, 2.24) is 15.2 Å². The Morgan fingerprint density at radius 2 is 1.83 bits per heavy atom. The van der Waals surface area contributed by atoms with Crippen molar-refractivity contribution in [2.45, 2.75) is 20.0 Å². The van der Waals surface area contributed by atoms with Gasteiger partial charge < -0.3 is 15.0 Å². The summed E-state index contributed by atoms with van der Waals surface area (Å²) in [4.78, 5) is 26.5. The number of H-pyrrole nitrogens is 1. The minimum absolute atomic E-state index is 0.0831. The lowest BCUT2D eigenvalue weighted by atomic mass is 10.2. The van der Waals surface area contributed by atoms with Crippen LogP contribution in [0, 0.1) is 19.7 Å². The number of hydrogen-bond acceptors (Lipinski definition) is 5. The van der Waals surface area contributed by atoms with Crippen LogP contribution in [0.5, 0.6) is 11.6 Å². The third-order valence-corrected chi connectivity index (χ3v) is 4.00. The van der Waals surface area contributed by atoms with E-state index in [1.165, 1.54) is 26.0 Å². The largest absolute Gasteiger partial charge is 0.437 e. The van der Waals surface area contributed by atoms with Crippen LogP contribution in [0.2, 0.25) is 0 Å². The monoisotopic (exact) mass is 422 g/mol. The number of nitrogens with zero attached hydrogens (tertiary/aromatic N) is 2. The summed E-state index contributed by atoms with van der Waals surface area (Å²) in [6.45, 7) is 3.02. The molecule has 0 aliphatic heterocycles. The first kappa shape index (κ1) is 21.0. The minimum atomic E-state index is -4.85. The van der Waals surface area contributed by atoms with Crippen LogP contribution in [0.25, 0.3) is 0 Å². The van der Waals surface area contributed by atoms with E-state index >= 15 is 0 Å². The number of benzene rings is 1. The fraction of sp³-hybridized carbons (Fsp3) is 0.158. The number of anilines is 1. The Morgan fingerprint density at radius 3 is 2.47 bits per heavy atom. The standard InChI is InChI=1S/C19H14F4N4O3/c1-9-7-11(20)3-5-14(9)30-18-12(8-15(26-27-18)19(21,22)23)17(29)25-13-4-6-16(28)24-10(13)2/h3-8H,1-2H3,(H,24,28)(H,25,29). The molecule has 30 heavy (non-hydrogen) atoms. The SMILES string of the molecule is Cc1cc(F)ccc1Oc1nnc(C(F)(F)F)cc1C(=O)Nc1ccc(=O)[nH]c1C. The summed E-state index contributed by atoms with van der Waals surface area (Å²) in [7, 11) is 0. The van der Waals surface area contributed by atoms with Crippen molar-refractivity contribution >= 4 is 11.6 Å². The van der Waals surface area contributed by atoms with E-state index in [2.05, 4.69) is 20.5 Å². The van der Waals surface area contributed by atoms with Crippen molar-refractivity contribution in [3.63, 3.8) is 0 Å². The second kappa shape index (κ2) is 7.93. The highest BCUT2D eigenvalue weighted by atomic mass is 19.4. The van der Waals surface area contributed by atoms with E-state index in [0.717, 1.165) is 18.2 Å². The molecule has 1 aromatic carbocycles. The van der Waals surface area contributed by atoms with Gasteiger partial charge in [-0.3, -0.25) is 9.59 Å². The maximum absolute atomic E-state index is 13.3. The van der Waals surface area contributed by atoms with Gasteiger partial charge in [-0.2, -0.15) is 13.2 Å². The normalized spacial score (nSPS) is 11.3. The number of aromatic nitrogens is 3. The molecule has 0 unspecified atom stereocenters. The first-order chi connectivity index (χ1) is 14.0. The molecule has 0 atom stereocenters. The van der Waals surface area contributed by atoms with E-state index in [1.807, 2.05) is 0 Å². The number of nitrogens with one attached hydrogen (secondary N) is 2. The zero-order valence-corrected chi connectivity index (χ0v) is 15.6. The molecule has 7 nitrogen and oxygen atoms in total. The molecule has 0 bridgehead atoms. The third kappa shape index (κ3) is 4.62. The molecular weight excluding hydrogens is 408 g/mol. The Bertz CT molecular complexity index is 1180. The van der Waals surface area contributed by atoms with Gasteiger partial charge in [0.25, 0.3) is 11.8 Å². The quantitative estimate of drug-likeness (QED) is 0.620. The number of hydrogen-bond donors (Lipinski definition) is 2.